The van der Waals surface area contributed by atoms with Gasteiger partial charge in [-0.2, -0.15) is 5.10 Å². The first-order valence-corrected chi connectivity index (χ1v) is 7.97. The van der Waals surface area contributed by atoms with Crippen LogP contribution in [0.25, 0.3) is 11.5 Å². The van der Waals surface area contributed by atoms with Crippen LogP contribution >= 0.6 is 0 Å². The summed E-state index contributed by atoms with van der Waals surface area (Å²) in [5.74, 6) is 1.79. The van der Waals surface area contributed by atoms with E-state index in [1.165, 1.54) is 5.56 Å². The van der Waals surface area contributed by atoms with E-state index < -0.39 is 0 Å². The summed E-state index contributed by atoms with van der Waals surface area (Å²) in [5.41, 5.74) is 2.17. The third-order valence-corrected chi connectivity index (χ3v) is 4.14. The predicted octanol–water partition coefficient (Wildman–Crippen LogP) is 3.87. The van der Waals surface area contributed by atoms with Gasteiger partial charge < -0.3 is 4.42 Å². The molecule has 3 rings (SSSR count). The number of aromatic amines is 1. The molecule has 3 aromatic heterocycles. The fourth-order valence-electron chi connectivity index (χ4n) is 2.55. The average molecular weight is 310 g/mol. The van der Waals surface area contributed by atoms with Gasteiger partial charge in [0.15, 0.2) is 5.76 Å². The lowest BCUT2D eigenvalue weighted by atomic mass is 10.1. The van der Waals surface area contributed by atoms with Crippen LogP contribution in [-0.4, -0.2) is 26.1 Å². The average Bonchev–Trinajstić information content (AvgIpc) is 3.25. The molecule has 1 unspecified atom stereocenters. The van der Waals surface area contributed by atoms with Crippen molar-refractivity contribution in [3.8, 4) is 11.5 Å². The molecule has 0 aliphatic carbocycles. The van der Waals surface area contributed by atoms with Gasteiger partial charge in [-0.15, -0.1) is 0 Å². The molecule has 0 saturated heterocycles. The molecule has 5 heteroatoms. The zero-order valence-corrected chi connectivity index (χ0v) is 13.6. The number of furan rings is 1. The van der Waals surface area contributed by atoms with E-state index in [1.807, 2.05) is 30.6 Å². The normalized spacial score (nSPS) is 12.7. The van der Waals surface area contributed by atoms with Gasteiger partial charge in [0.25, 0.3) is 0 Å². The molecule has 0 radical (unpaired) electrons. The molecule has 1 atom stereocenters. The minimum absolute atomic E-state index is 0.476. The molecule has 0 spiro atoms. The topological polar surface area (TPSA) is 58.0 Å². The van der Waals surface area contributed by atoms with E-state index in [2.05, 4.69) is 46.1 Å². The standard InChI is InChI=1S/C18H22N4O/c1-3-14(2)22(12-15-6-9-19-10-7-15)13-16-4-5-18(23-16)17-8-11-20-21-17/h4-11,14H,3,12-13H2,1-2H3,(H,20,21). The molecule has 0 bridgehead atoms. The van der Waals surface area contributed by atoms with Crippen molar-refractivity contribution in [2.24, 2.45) is 0 Å². The van der Waals surface area contributed by atoms with E-state index >= 15 is 0 Å². The molecular formula is C18H22N4O. The molecule has 120 valence electrons. The minimum atomic E-state index is 0.476. The van der Waals surface area contributed by atoms with E-state index in [4.69, 9.17) is 4.42 Å². The van der Waals surface area contributed by atoms with Crippen LogP contribution in [0.4, 0.5) is 0 Å². The Morgan fingerprint density at radius 3 is 2.61 bits per heavy atom. The number of nitrogens with zero attached hydrogens (tertiary/aromatic N) is 3. The fraction of sp³-hybridized carbons (Fsp3) is 0.333. The summed E-state index contributed by atoms with van der Waals surface area (Å²) < 4.78 is 5.97. The van der Waals surface area contributed by atoms with Gasteiger partial charge in [-0.05, 0) is 49.2 Å². The summed E-state index contributed by atoms with van der Waals surface area (Å²) >= 11 is 0. The molecule has 0 saturated carbocycles. The molecule has 0 aliphatic heterocycles. The zero-order chi connectivity index (χ0) is 16.1. The number of hydrogen-bond donors (Lipinski definition) is 1. The number of H-pyrrole nitrogens is 1. The quantitative estimate of drug-likeness (QED) is 0.720. The van der Waals surface area contributed by atoms with Crippen molar-refractivity contribution >= 4 is 0 Å². The Kier molecular flexibility index (Phi) is 4.88. The highest BCUT2D eigenvalue weighted by atomic mass is 16.3. The van der Waals surface area contributed by atoms with Gasteiger partial charge in [0.2, 0.25) is 0 Å². The third-order valence-electron chi connectivity index (χ3n) is 4.14. The van der Waals surface area contributed by atoms with Crippen molar-refractivity contribution < 1.29 is 4.42 Å². The Balaban J connectivity index is 1.73. The molecule has 0 fully saturated rings. The van der Waals surface area contributed by atoms with E-state index in [1.54, 1.807) is 6.20 Å². The number of hydrogen-bond acceptors (Lipinski definition) is 4. The van der Waals surface area contributed by atoms with Crippen LogP contribution in [0.15, 0.2) is 53.3 Å². The van der Waals surface area contributed by atoms with Crippen LogP contribution in [0.1, 0.15) is 31.6 Å². The zero-order valence-electron chi connectivity index (χ0n) is 13.6. The molecule has 0 amide bonds. The predicted molar refractivity (Wildman–Crippen MR) is 89.5 cm³/mol. The summed E-state index contributed by atoms with van der Waals surface area (Å²) in [4.78, 5) is 6.51. The Hall–Kier alpha value is -2.40. The van der Waals surface area contributed by atoms with Crippen molar-refractivity contribution in [2.45, 2.75) is 39.4 Å². The highest BCUT2D eigenvalue weighted by molar-refractivity contribution is 5.51. The van der Waals surface area contributed by atoms with Crippen LogP contribution in [0.3, 0.4) is 0 Å². The number of aromatic nitrogens is 3. The SMILES string of the molecule is CCC(C)N(Cc1ccncc1)Cc1ccc(-c2ccn[nH]2)o1. The Labute approximate surface area is 136 Å². The summed E-state index contributed by atoms with van der Waals surface area (Å²) in [7, 11) is 0. The number of nitrogens with one attached hydrogen (secondary N) is 1. The lowest BCUT2D eigenvalue weighted by Gasteiger charge is -2.27. The lowest BCUT2D eigenvalue weighted by Crippen LogP contribution is -2.31. The van der Waals surface area contributed by atoms with Gasteiger partial charge >= 0.3 is 0 Å². The molecule has 5 nitrogen and oxygen atoms in total. The smallest absolute Gasteiger partial charge is 0.152 e. The van der Waals surface area contributed by atoms with Gasteiger partial charge in [-0.1, -0.05) is 6.92 Å². The first kappa shape index (κ1) is 15.5. The van der Waals surface area contributed by atoms with Crippen molar-refractivity contribution in [2.75, 3.05) is 0 Å². The summed E-state index contributed by atoms with van der Waals surface area (Å²) in [6.07, 6.45) is 6.51. The second-order valence-electron chi connectivity index (χ2n) is 5.75. The monoisotopic (exact) mass is 310 g/mol. The van der Waals surface area contributed by atoms with E-state index in [0.29, 0.717) is 6.04 Å². The molecular weight excluding hydrogens is 288 g/mol. The maximum absolute atomic E-state index is 5.97. The number of rotatable bonds is 7. The van der Waals surface area contributed by atoms with Gasteiger partial charge in [0.1, 0.15) is 11.5 Å². The highest BCUT2D eigenvalue weighted by Gasteiger charge is 2.16. The molecule has 0 aliphatic rings. The van der Waals surface area contributed by atoms with Crippen LogP contribution in [0, 0.1) is 0 Å². The molecule has 3 aromatic rings. The van der Waals surface area contributed by atoms with Crippen molar-refractivity contribution in [3.05, 3.63) is 60.2 Å². The van der Waals surface area contributed by atoms with Crippen molar-refractivity contribution in [1.82, 2.24) is 20.1 Å². The first-order valence-electron chi connectivity index (χ1n) is 7.97. The Morgan fingerprint density at radius 2 is 1.91 bits per heavy atom. The molecule has 1 N–H and O–H groups in total. The van der Waals surface area contributed by atoms with Gasteiger partial charge in [-0.25, -0.2) is 0 Å². The van der Waals surface area contributed by atoms with Crippen molar-refractivity contribution in [3.63, 3.8) is 0 Å². The number of pyridine rings is 1. The third kappa shape index (κ3) is 3.87. The van der Waals surface area contributed by atoms with Gasteiger partial charge in [0, 0.05) is 31.2 Å². The summed E-state index contributed by atoms with van der Waals surface area (Å²) in [6, 6.07) is 10.5. The second kappa shape index (κ2) is 7.24. The Bertz CT molecular complexity index is 706. The van der Waals surface area contributed by atoms with E-state index in [9.17, 15) is 0 Å². The summed E-state index contributed by atoms with van der Waals surface area (Å²) in [6.45, 7) is 6.13. The van der Waals surface area contributed by atoms with E-state index in [-0.39, 0.29) is 0 Å². The Morgan fingerprint density at radius 1 is 1.09 bits per heavy atom. The maximum atomic E-state index is 5.97. The maximum Gasteiger partial charge on any atom is 0.152 e. The fourth-order valence-corrected chi connectivity index (χ4v) is 2.55. The molecule has 23 heavy (non-hydrogen) atoms. The van der Waals surface area contributed by atoms with Crippen LogP contribution in [0.5, 0.6) is 0 Å². The minimum Gasteiger partial charge on any atom is -0.458 e. The molecule has 3 heterocycles. The lowest BCUT2D eigenvalue weighted by molar-refractivity contribution is 0.172. The summed E-state index contributed by atoms with van der Waals surface area (Å²) in [5, 5.41) is 6.89. The first-order chi connectivity index (χ1) is 11.3. The second-order valence-corrected chi connectivity index (χ2v) is 5.75. The van der Waals surface area contributed by atoms with Crippen molar-refractivity contribution in [1.29, 1.82) is 0 Å². The van der Waals surface area contributed by atoms with Gasteiger partial charge in [-0.3, -0.25) is 15.0 Å². The molecule has 0 aromatic carbocycles. The largest absolute Gasteiger partial charge is 0.458 e. The van der Waals surface area contributed by atoms with E-state index in [0.717, 1.165) is 36.7 Å². The van der Waals surface area contributed by atoms with Gasteiger partial charge in [0.05, 0.1) is 6.54 Å². The highest BCUT2D eigenvalue weighted by Crippen LogP contribution is 2.22. The van der Waals surface area contributed by atoms with Crippen LogP contribution in [-0.2, 0) is 13.1 Å². The van der Waals surface area contributed by atoms with Crippen LogP contribution in [0.2, 0.25) is 0 Å². The van der Waals surface area contributed by atoms with Crippen LogP contribution < -0.4 is 0 Å².